The summed E-state index contributed by atoms with van der Waals surface area (Å²) in [5.74, 6) is 1.21. The first kappa shape index (κ1) is 13.4. The van der Waals surface area contributed by atoms with Gasteiger partial charge in [-0.2, -0.15) is 0 Å². The smallest absolute Gasteiger partial charge is 0.154 e. The summed E-state index contributed by atoms with van der Waals surface area (Å²) in [5.41, 5.74) is 2.12. The Morgan fingerprint density at radius 3 is 2.83 bits per heavy atom. The van der Waals surface area contributed by atoms with Crippen LogP contribution in [-0.4, -0.2) is 33.1 Å². The van der Waals surface area contributed by atoms with Crippen LogP contribution in [0.2, 0.25) is 0 Å². The van der Waals surface area contributed by atoms with Crippen molar-refractivity contribution in [3.05, 3.63) is 29.3 Å². The van der Waals surface area contributed by atoms with Crippen LogP contribution in [0.3, 0.4) is 0 Å². The van der Waals surface area contributed by atoms with Gasteiger partial charge in [0.2, 0.25) is 0 Å². The SMILES string of the molecule is CNCc1cccc(C)c1OC1CCS(=O)(=O)C1. The van der Waals surface area contributed by atoms with Crippen LogP contribution >= 0.6 is 0 Å². The van der Waals surface area contributed by atoms with Crippen LogP contribution < -0.4 is 10.1 Å². The van der Waals surface area contributed by atoms with E-state index in [9.17, 15) is 8.42 Å². The molecule has 2 rings (SSSR count). The van der Waals surface area contributed by atoms with Gasteiger partial charge in [-0.3, -0.25) is 0 Å². The Morgan fingerprint density at radius 2 is 2.22 bits per heavy atom. The molecule has 1 aliphatic rings. The predicted molar refractivity (Wildman–Crippen MR) is 71.6 cm³/mol. The largest absolute Gasteiger partial charge is 0.489 e. The molecule has 0 spiro atoms. The molecule has 5 heteroatoms. The number of hydrogen-bond donors (Lipinski definition) is 1. The van der Waals surface area contributed by atoms with Gasteiger partial charge in [0.1, 0.15) is 11.9 Å². The van der Waals surface area contributed by atoms with E-state index in [0.29, 0.717) is 6.42 Å². The Morgan fingerprint density at radius 1 is 1.44 bits per heavy atom. The molecule has 1 fully saturated rings. The maximum absolute atomic E-state index is 11.4. The minimum Gasteiger partial charge on any atom is -0.489 e. The highest BCUT2D eigenvalue weighted by Gasteiger charge is 2.30. The Balaban J connectivity index is 2.18. The molecule has 1 aliphatic heterocycles. The second-order valence-corrected chi connectivity index (χ2v) is 6.97. The number of rotatable bonds is 4. The van der Waals surface area contributed by atoms with Crippen LogP contribution in [0.1, 0.15) is 17.5 Å². The molecule has 1 heterocycles. The molecule has 1 saturated heterocycles. The molecule has 18 heavy (non-hydrogen) atoms. The van der Waals surface area contributed by atoms with Crippen molar-refractivity contribution in [3.8, 4) is 5.75 Å². The van der Waals surface area contributed by atoms with E-state index in [1.54, 1.807) is 0 Å². The summed E-state index contributed by atoms with van der Waals surface area (Å²) in [6.07, 6.45) is 0.391. The van der Waals surface area contributed by atoms with Crippen LogP contribution in [0.4, 0.5) is 0 Å². The molecule has 1 aromatic carbocycles. The Bertz CT molecular complexity index is 525. The molecular formula is C13H19NO3S. The highest BCUT2D eigenvalue weighted by molar-refractivity contribution is 7.91. The Labute approximate surface area is 108 Å². The van der Waals surface area contributed by atoms with Crippen molar-refractivity contribution in [2.24, 2.45) is 0 Å². The molecule has 0 aliphatic carbocycles. The van der Waals surface area contributed by atoms with E-state index in [-0.39, 0.29) is 17.6 Å². The summed E-state index contributed by atoms with van der Waals surface area (Å²) in [7, 11) is -1.01. The van der Waals surface area contributed by atoms with E-state index in [1.165, 1.54) is 0 Å². The first-order valence-corrected chi connectivity index (χ1v) is 7.94. The van der Waals surface area contributed by atoms with Gasteiger partial charge in [0.05, 0.1) is 11.5 Å². The van der Waals surface area contributed by atoms with Gasteiger partial charge in [0, 0.05) is 12.1 Å². The quantitative estimate of drug-likeness (QED) is 0.894. The van der Waals surface area contributed by atoms with Crippen LogP contribution in [0.25, 0.3) is 0 Å². The molecule has 0 aromatic heterocycles. The van der Waals surface area contributed by atoms with Crippen LogP contribution in [-0.2, 0) is 16.4 Å². The zero-order valence-electron chi connectivity index (χ0n) is 10.8. The van der Waals surface area contributed by atoms with Gasteiger partial charge in [-0.1, -0.05) is 18.2 Å². The minimum atomic E-state index is -2.89. The maximum Gasteiger partial charge on any atom is 0.154 e. The number of hydrogen-bond acceptors (Lipinski definition) is 4. The number of para-hydroxylation sites is 1. The zero-order chi connectivity index (χ0) is 13.2. The molecule has 4 nitrogen and oxygen atoms in total. The number of ether oxygens (including phenoxy) is 1. The molecule has 0 saturated carbocycles. The number of sulfone groups is 1. The molecule has 100 valence electrons. The second kappa shape index (κ2) is 5.28. The average Bonchev–Trinajstić information content (AvgIpc) is 2.63. The fourth-order valence-electron chi connectivity index (χ4n) is 2.23. The number of nitrogens with one attached hydrogen (secondary N) is 1. The summed E-state index contributed by atoms with van der Waals surface area (Å²) < 4.78 is 28.8. The van der Waals surface area contributed by atoms with Crippen LogP contribution in [0, 0.1) is 6.92 Å². The van der Waals surface area contributed by atoms with Crippen LogP contribution in [0.5, 0.6) is 5.75 Å². The predicted octanol–water partition coefficient (Wildman–Crippen LogP) is 1.28. The fraction of sp³-hybridized carbons (Fsp3) is 0.538. The van der Waals surface area contributed by atoms with Gasteiger partial charge < -0.3 is 10.1 Å². The fourth-order valence-corrected chi connectivity index (χ4v) is 3.82. The Hall–Kier alpha value is -1.07. The van der Waals surface area contributed by atoms with E-state index < -0.39 is 9.84 Å². The third-order valence-electron chi connectivity index (χ3n) is 3.14. The molecule has 0 amide bonds. The highest BCUT2D eigenvalue weighted by atomic mass is 32.2. The van der Waals surface area contributed by atoms with Gasteiger partial charge in [0.25, 0.3) is 0 Å². The third kappa shape index (κ3) is 3.03. The topological polar surface area (TPSA) is 55.4 Å². The lowest BCUT2D eigenvalue weighted by Gasteiger charge is -2.18. The van der Waals surface area contributed by atoms with Crippen molar-refractivity contribution in [3.63, 3.8) is 0 Å². The van der Waals surface area contributed by atoms with Crippen molar-refractivity contribution in [1.29, 1.82) is 0 Å². The standard InChI is InChI=1S/C13H19NO3S/c1-10-4-3-5-11(8-14-2)13(10)17-12-6-7-18(15,16)9-12/h3-5,12,14H,6-9H2,1-2H3. The van der Waals surface area contributed by atoms with Crippen molar-refractivity contribution >= 4 is 9.84 Å². The van der Waals surface area contributed by atoms with E-state index in [2.05, 4.69) is 5.32 Å². The second-order valence-electron chi connectivity index (χ2n) is 4.74. The minimum absolute atomic E-state index is 0.139. The van der Waals surface area contributed by atoms with Gasteiger partial charge in [-0.25, -0.2) is 8.42 Å². The van der Waals surface area contributed by atoms with Crippen LogP contribution in [0.15, 0.2) is 18.2 Å². The molecule has 1 atom stereocenters. The van der Waals surface area contributed by atoms with Gasteiger partial charge in [-0.05, 0) is 26.0 Å². The monoisotopic (exact) mass is 269 g/mol. The Kier molecular flexibility index (Phi) is 3.92. The van der Waals surface area contributed by atoms with E-state index >= 15 is 0 Å². The van der Waals surface area contributed by atoms with Crippen molar-refractivity contribution < 1.29 is 13.2 Å². The van der Waals surface area contributed by atoms with Crippen molar-refractivity contribution in [2.75, 3.05) is 18.6 Å². The summed E-state index contributed by atoms with van der Waals surface area (Å²) in [6.45, 7) is 2.70. The number of aryl methyl sites for hydroxylation is 1. The van der Waals surface area contributed by atoms with Gasteiger partial charge >= 0.3 is 0 Å². The van der Waals surface area contributed by atoms with E-state index in [1.807, 2.05) is 32.2 Å². The van der Waals surface area contributed by atoms with Gasteiger partial charge in [-0.15, -0.1) is 0 Å². The molecule has 1 aromatic rings. The summed E-state index contributed by atoms with van der Waals surface area (Å²) in [6, 6.07) is 5.97. The first-order chi connectivity index (χ1) is 8.52. The van der Waals surface area contributed by atoms with E-state index in [4.69, 9.17) is 4.74 Å². The molecule has 0 bridgehead atoms. The van der Waals surface area contributed by atoms with Crippen molar-refractivity contribution in [1.82, 2.24) is 5.32 Å². The number of benzene rings is 1. The maximum atomic E-state index is 11.4. The molecule has 0 radical (unpaired) electrons. The lowest BCUT2D eigenvalue weighted by atomic mass is 10.1. The summed E-state index contributed by atoms with van der Waals surface area (Å²) >= 11 is 0. The highest BCUT2D eigenvalue weighted by Crippen LogP contribution is 2.27. The lowest BCUT2D eigenvalue weighted by Crippen LogP contribution is -2.20. The first-order valence-electron chi connectivity index (χ1n) is 6.12. The normalized spacial score (nSPS) is 22.0. The average molecular weight is 269 g/mol. The zero-order valence-corrected chi connectivity index (χ0v) is 11.6. The van der Waals surface area contributed by atoms with E-state index in [0.717, 1.165) is 23.4 Å². The molecular weight excluding hydrogens is 250 g/mol. The lowest BCUT2D eigenvalue weighted by molar-refractivity contribution is 0.225. The summed E-state index contributed by atoms with van der Waals surface area (Å²) in [4.78, 5) is 0. The third-order valence-corrected chi connectivity index (χ3v) is 4.87. The van der Waals surface area contributed by atoms with Crippen molar-refractivity contribution in [2.45, 2.75) is 26.0 Å². The summed E-state index contributed by atoms with van der Waals surface area (Å²) in [5, 5.41) is 3.09. The van der Waals surface area contributed by atoms with Gasteiger partial charge in [0.15, 0.2) is 9.84 Å². The molecule has 1 unspecified atom stereocenters. The molecule has 1 N–H and O–H groups in total.